The monoisotopic (exact) mass is 380 g/mol. The first-order valence-electron chi connectivity index (χ1n) is 8.93. The van der Waals surface area contributed by atoms with E-state index < -0.39 is 12.0 Å². The molecule has 1 aromatic rings. The Morgan fingerprint density at radius 3 is 2.41 bits per heavy atom. The number of methoxy groups -OCH3 is 2. The van der Waals surface area contributed by atoms with E-state index in [0.29, 0.717) is 16.3 Å². The number of benzene rings is 1. The van der Waals surface area contributed by atoms with Crippen LogP contribution in [0.4, 0.5) is 5.69 Å². The molecule has 3 N–H and O–H groups in total. The summed E-state index contributed by atoms with van der Waals surface area (Å²) in [6.07, 6.45) is 0.728. The lowest BCUT2D eigenvalue weighted by Crippen LogP contribution is -3.11. The van der Waals surface area contributed by atoms with Gasteiger partial charge in [-0.1, -0.05) is 26.3 Å². The van der Waals surface area contributed by atoms with E-state index in [4.69, 9.17) is 9.47 Å². The predicted molar refractivity (Wildman–Crippen MR) is 102 cm³/mol. The molecule has 0 radical (unpaired) electrons. The molecule has 1 rings (SSSR count). The second-order valence-corrected chi connectivity index (χ2v) is 6.54. The first-order valence-corrected chi connectivity index (χ1v) is 8.93. The summed E-state index contributed by atoms with van der Waals surface area (Å²) in [6, 6.07) is 6.35. The fourth-order valence-electron chi connectivity index (χ4n) is 2.54. The average Bonchev–Trinajstić information content (AvgIpc) is 2.64. The molecule has 0 saturated heterocycles. The number of quaternary nitrogens is 1. The van der Waals surface area contributed by atoms with E-state index in [9.17, 15) is 14.4 Å². The standard InChI is InChI=1S/C19H29N3O5/c1-6-13(2)18(19(25)27-5)21-17(24)12-22(3)11-16(23)20-14-8-7-9-15(10-14)26-4/h7-10,13,18H,6,11-12H2,1-5H3,(H,20,23)(H,21,24)/p+1/t13-,18-/m0/s1. The van der Waals surface area contributed by atoms with Crippen molar-refractivity contribution in [3.05, 3.63) is 24.3 Å². The van der Waals surface area contributed by atoms with Gasteiger partial charge >= 0.3 is 5.97 Å². The Hall–Kier alpha value is -2.61. The number of anilines is 1. The lowest BCUT2D eigenvalue weighted by molar-refractivity contribution is -0.862. The van der Waals surface area contributed by atoms with Gasteiger partial charge in [0.25, 0.3) is 11.8 Å². The molecule has 27 heavy (non-hydrogen) atoms. The lowest BCUT2D eigenvalue weighted by atomic mass is 9.99. The van der Waals surface area contributed by atoms with Crippen LogP contribution in [0.2, 0.25) is 0 Å². The maximum atomic E-state index is 12.2. The Labute approximate surface area is 160 Å². The van der Waals surface area contributed by atoms with Crippen LogP contribution >= 0.6 is 0 Å². The highest BCUT2D eigenvalue weighted by Crippen LogP contribution is 2.16. The summed E-state index contributed by atoms with van der Waals surface area (Å²) in [5, 5.41) is 5.48. The summed E-state index contributed by atoms with van der Waals surface area (Å²) in [6.45, 7) is 3.99. The highest BCUT2D eigenvalue weighted by molar-refractivity contribution is 5.92. The molecule has 0 bridgehead atoms. The molecule has 0 aliphatic heterocycles. The van der Waals surface area contributed by atoms with E-state index in [1.807, 2.05) is 13.8 Å². The Balaban J connectivity index is 2.54. The van der Waals surface area contributed by atoms with Crippen LogP contribution in [0.3, 0.4) is 0 Å². The molecule has 0 spiro atoms. The van der Waals surface area contributed by atoms with Crippen molar-refractivity contribution in [3.63, 3.8) is 0 Å². The van der Waals surface area contributed by atoms with E-state index in [2.05, 4.69) is 10.6 Å². The SMILES string of the molecule is CC[C@H](C)[C@H](NC(=O)C[NH+](C)CC(=O)Nc1cccc(OC)c1)C(=O)OC. The minimum atomic E-state index is -0.689. The van der Waals surface area contributed by atoms with Gasteiger partial charge in [0, 0.05) is 11.8 Å². The van der Waals surface area contributed by atoms with Gasteiger partial charge in [-0.2, -0.15) is 0 Å². The zero-order chi connectivity index (χ0) is 20.4. The summed E-state index contributed by atoms with van der Waals surface area (Å²) < 4.78 is 9.87. The second kappa shape index (κ2) is 11.2. The van der Waals surface area contributed by atoms with Crippen LogP contribution in [0.1, 0.15) is 20.3 Å². The topological polar surface area (TPSA) is 98.2 Å². The van der Waals surface area contributed by atoms with Crippen LogP contribution < -0.4 is 20.3 Å². The van der Waals surface area contributed by atoms with Crippen molar-refractivity contribution in [1.82, 2.24) is 5.32 Å². The molecule has 0 aliphatic rings. The van der Waals surface area contributed by atoms with Gasteiger partial charge in [-0.15, -0.1) is 0 Å². The molecule has 1 aromatic carbocycles. The summed E-state index contributed by atoms with van der Waals surface area (Å²) in [4.78, 5) is 36.9. The quantitative estimate of drug-likeness (QED) is 0.491. The van der Waals surface area contributed by atoms with E-state index in [1.165, 1.54) is 7.11 Å². The minimum Gasteiger partial charge on any atom is -0.497 e. The van der Waals surface area contributed by atoms with Gasteiger partial charge in [-0.25, -0.2) is 4.79 Å². The molecule has 8 heteroatoms. The van der Waals surface area contributed by atoms with Crippen molar-refractivity contribution in [3.8, 4) is 5.75 Å². The predicted octanol–water partition coefficient (Wildman–Crippen LogP) is -0.148. The smallest absolute Gasteiger partial charge is 0.328 e. The number of likely N-dealkylation sites (N-methyl/N-ethyl adjacent to an activating group) is 1. The normalized spacial score (nSPS) is 13.8. The first-order chi connectivity index (χ1) is 12.8. The molecule has 1 unspecified atom stereocenters. The van der Waals surface area contributed by atoms with Gasteiger partial charge in [0.15, 0.2) is 13.1 Å². The van der Waals surface area contributed by atoms with Crippen LogP contribution in [-0.4, -0.2) is 58.2 Å². The number of hydrogen-bond acceptors (Lipinski definition) is 5. The maximum absolute atomic E-state index is 12.2. The fourth-order valence-corrected chi connectivity index (χ4v) is 2.54. The third kappa shape index (κ3) is 7.65. The van der Waals surface area contributed by atoms with Gasteiger partial charge in [0.05, 0.1) is 21.3 Å². The van der Waals surface area contributed by atoms with Crippen LogP contribution in [0.5, 0.6) is 5.75 Å². The van der Waals surface area contributed by atoms with E-state index >= 15 is 0 Å². The highest BCUT2D eigenvalue weighted by atomic mass is 16.5. The molecular weight excluding hydrogens is 350 g/mol. The molecule has 3 atom stereocenters. The van der Waals surface area contributed by atoms with Gasteiger partial charge in [0.2, 0.25) is 0 Å². The second-order valence-electron chi connectivity index (χ2n) is 6.54. The minimum absolute atomic E-state index is 0.0435. The Kier molecular flexibility index (Phi) is 9.29. The maximum Gasteiger partial charge on any atom is 0.328 e. The van der Waals surface area contributed by atoms with Crippen molar-refractivity contribution >= 4 is 23.5 Å². The van der Waals surface area contributed by atoms with Gasteiger partial charge in [-0.3, -0.25) is 9.59 Å². The molecule has 0 fully saturated rings. The van der Waals surface area contributed by atoms with Crippen molar-refractivity contribution in [2.24, 2.45) is 5.92 Å². The highest BCUT2D eigenvalue weighted by Gasteiger charge is 2.27. The van der Waals surface area contributed by atoms with Crippen LogP contribution in [0, 0.1) is 5.92 Å². The van der Waals surface area contributed by atoms with Crippen molar-refractivity contribution in [2.75, 3.05) is 39.7 Å². The van der Waals surface area contributed by atoms with Crippen molar-refractivity contribution in [1.29, 1.82) is 0 Å². The number of carbonyl (C=O) groups excluding carboxylic acids is 3. The number of hydrogen-bond donors (Lipinski definition) is 3. The van der Waals surface area contributed by atoms with Crippen LogP contribution in [-0.2, 0) is 19.1 Å². The number of carbonyl (C=O) groups is 3. The van der Waals surface area contributed by atoms with Gasteiger partial charge < -0.3 is 25.0 Å². The van der Waals surface area contributed by atoms with Crippen molar-refractivity contribution in [2.45, 2.75) is 26.3 Å². The molecule has 0 aliphatic carbocycles. The number of ether oxygens (including phenoxy) is 2. The summed E-state index contributed by atoms with van der Waals surface area (Å²) >= 11 is 0. The molecule has 0 saturated carbocycles. The van der Waals surface area contributed by atoms with Crippen LogP contribution in [0.25, 0.3) is 0 Å². The van der Waals surface area contributed by atoms with Gasteiger partial charge in [-0.05, 0) is 18.1 Å². The van der Waals surface area contributed by atoms with E-state index in [-0.39, 0.29) is 30.8 Å². The summed E-state index contributed by atoms with van der Waals surface area (Å²) in [7, 11) is 4.59. The fraction of sp³-hybridized carbons (Fsp3) is 0.526. The molecule has 0 heterocycles. The molecule has 8 nitrogen and oxygen atoms in total. The third-order valence-electron chi connectivity index (χ3n) is 4.26. The number of esters is 1. The zero-order valence-corrected chi connectivity index (χ0v) is 16.6. The number of nitrogens with one attached hydrogen (secondary N) is 3. The average molecular weight is 380 g/mol. The van der Waals surface area contributed by atoms with Gasteiger partial charge in [0.1, 0.15) is 11.8 Å². The Morgan fingerprint density at radius 2 is 1.81 bits per heavy atom. The largest absolute Gasteiger partial charge is 0.497 e. The van der Waals surface area contributed by atoms with Crippen LogP contribution in [0.15, 0.2) is 24.3 Å². The third-order valence-corrected chi connectivity index (χ3v) is 4.26. The summed E-state index contributed by atoms with van der Waals surface area (Å²) in [5.74, 6) is -0.395. The lowest BCUT2D eigenvalue weighted by Gasteiger charge is -2.22. The van der Waals surface area contributed by atoms with E-state index in [0.717, 1.165) is 6.42 Å². The molecule has 0 aromatic heterocycles. The molecule has 2 amide bonds. The number of rotatable bonds is 10. The molecule has 150 valence electrons. The number of amides is 2. The Morgan fingerprint density at radius 1 is 1.15 bits per heavy atom. The molecular formula is C19H30N3O5+. The summed E-state index contributed by atoms with van der Waals surface area (Å²) in [5.41, 5.74) is 0.624. The van der Waals surface area contributed by atoms with E-state index in [1.54, 1.807) is 38.4 Å². The van der Waals surface area contributed by atoms with Crippen molar-refractivity contribution < 1.29 is 28.8 Å². The first kappa shape index (κ1) is 22.4. The zero-order valence-electron chi connectivity index (χ0n) is 16.6. The Bertz CT molecular complexity index is 650.